The zero-order valence-electron chi connectivity index (χ0n) is 13.3. The molecule has 1 aromatic carbocycles. The number of para-hydroxylation sites is 2. The fourth-order valence-electron chi connectivity index (χ4n) is 3.26. The predicted molar refractivity (Wildman–Crippen MR) is 89.3 cm³/mol. The molecule has 5 heteroatoms. The van der Waals surface area contributed by atoms with Crippen LogP contribution in [0.2, 0.25) is 0 Å². The molecule has 1 aliphatic heterocycles. The molecule has 118 valence electrons. The standard InChI is InChI=1S/C18H19FN4/c1-12(2)17-21-15-7-3-4-8-16(15)23(17)13-10-22(11-13)18-14(19)6-5-9-20-18/h3-9,12-13H,10-11H2,1-2H3. The third-order valence-corrected chi connectivity index (χ3v) is 4.41. The van der Waals surface area contributed by atoms with Gasteiger partial charge in [-0.1, -0.05) is 26.0 Å². The van der Waals surface area contributed by atoms with Crippen molar-refractivity contribution in [2.24, 2.45) is 0 Å². The van der Waals surface area contributed by atoms with Crippen LogP contribution in [0.3, 0.4) is 0 Å². The van der Waals surface area contributed by atoms with Gasteiger partial charge in [0.15, 0.2) is 11.6 Å². The Morgan fingerprint density at radius 3 is 2.65 bits per heavy atom. The molecule has 2 aromatic heterocycles. The second-order valence-electron chi connectivity index (χ2n) is 6.35. The zero-order chi connectivity index (χ0) is 16.0. The summed E-state index contributed by atoms with van der Waals surface area (Å²) in [6.45, 7) is 5.83. The molecular formula is C18H19FN4. The highest BCUT2D eigenvalue weighted by Gasteiger charge is 2.33. The van der Waals surface area contributed by atoms with Crippen LogP contribution in [0.4, 0.5) is 10.2 Å². The Morgan fingerprint density at radius 1 is 1.13 bits per heavy atom. The van der Waals surface area contributed by atoms with Gasteiger partial charge in [0.05, 0.1) is 17.1 Å². The summed E-state index contributed by atoms with van der Waals surface area (Å²) < 4.78 is 16.2. The number of imidazole rings is 1. The Kier molecular flexibility index (Phi) is 3.29. The number of anilines is 1. The van der Waals surface area contributed by atoms with Gasteiger partial charge in [0.25, 0.3) is 0 Å². The Morgan fingerprint density at radius 2 is 1.91 bits per heavy atom. The van der Waals surface area contributed by atoms with E-state index in [9.17, 15) is 4.39 Å². The topological polar surface area (TPSA) is 34.0 Å². The molecule has 0 aliphatic carbocycles. The average Bonchev–Trinajstić information content (AvgIpc) is 2.88. The van der Waals surface area contributed by atoms with Crippen LogP contribution in [0.15, 0.2) is 42.6 Å². The van der Waals surface area contributed by atoms with E-state index in [4.69, 9.17) is 4.98 Å². The molecule has 0 spiro atoms. The highest BCUT2D eigenvalue weighted by Crippen LogP contribution is 2.33. The van der Waals surface area contributed by atoms with E-state index in [-0.39, 0.29) is 5.82 Å². The highest BCUT2D eigenvalue weighted by atomic mass is 19.1. The van der Waals surface area contributed by atoms with Gasteiger partial charge >= 0.3 is 0 Å². The summed E-state index contributed by atoms with van der Waals surface area (Å²) in [6, 6.07) is 11.6. The maximum Gasteiger partial charge on any atom is 0.165 e. The molecule has 1 aliphatic rings. The fourth-order valence-corrected chi connectivity index (χ4v) is 3.26. The van der Waals surface area contributed by atoms with Crippen LogP contribution in [0.5, 0.6) is 0 Å². The molecule has 0 unspecified atom stereocenters. The molecular weight excluding hydrogens is 291 g/mol. The predicted octanol–water partition coefficient (Wildman–Crippen LogP) is 3.76. The number of hydrogen-bond donors (Lipinski definition) is 0. The minimum atomic E-state index is -0.259. The summed E-state index contributed by atoms with van der Waals surface area (Å²) in [4.78, 5) is 10.9. The Bertz CT molecular complexity index is 849. The molecule has 0 radical (unpaired) electrons. The molecule has 4 nitrogen and oxygen atoms in total. The van der Waals surface area contributed by atoms with Crippen molar-refractivity contribution in [2.75, 3.05) is 18.0 Å². The summed E-state index contributed by atoms with van der Waals surface area (Å²) in [6.07, 6.45) is 1.64. The fraction of sp³-hybridized carbons (Fsp3) is 0.333. The van der Waals surface area contributed by atoms with E-state index in [1.54, 1.807) is 12.3 Å². The third-order valence-electron chi connectivity index (χ3n) is 4.41. The van der Waals surface area contributed by atoms with Gasteiger partial charge in [0.1, 0.15) is 5.82 Å². The summed E-state index contributed by atoms with van der Waals surface area (Å²) in [5.41, 5.74) is 2.18. The maximum atomic E-state index is 13.9. The van der Waals surface area contributed by atoms with Crippen molar-refractivity contribution in [1.29, 1.82) is 0 Å². The number of nitrogens with zero attached hydrogens (tertiary/aromatic N) is 4. The first-order valence-electron chi connectivity index (χ1n) is 7.97. The van der Waals surface area contributed by atoms with Gasteiger partial charge in [-0.25, -0.2) is 14.4 Å². The van der Waals surface area contributed by atoms with Gasteiger partial charge in [-0.2, -0.15) is 0 Å². The Hall–Kier alpha value is -2.43. The minimum absolute atomic E-state index is 0.259. The Labute approximate surface area is 134 Å². The van der Waals surface area contributed by atoms with E-state index in [0.29, 0.717) is 17.8 Å². The normalized spacial score (nSPS) is 15.4. The van der Waals surface area contributed by atoms with Gasteiger partial charge < -0.3 is 9.47 Å². The van der Waals surface area contributed by atoms with E-state index >= 15 is 0 Å². The molecule has 3 heterocycles. The van der Waals surface area contributed by atoms with E-state index in [2.05, 4.69) is 29.5 Å². The van der Waals surface area contributed by atoms with Crippen molar-refractivity contribution in [2.45, 2.75) is 25.8 Å². The summed E-state index contributed by atoms with van der Waals surface area (Å²) in [7, 11) is 0. The quantitative estimate of drug-likeness (QED) is 0.739. The van der Waals surface area contributed by atoms with Gasteiger partial charge in [-0.05, 0) is 24.3 Å². The zero-order valence-corrected chi connectivity index (χ0v) is 13.3. The molecule has 1 fully saturated rings. The van der Waals surface area contributed by atoms with E-state index < -0.39 is 0 Å². The smallest absolute Gasteiger partial charge is 0.165 e. The van der Waals surface area contributed by atoms with Crippen LogP contribution >= 0.6 is 0 Å². The first-order chi connectivity index (χ1) is 11.1. The Balaban J connectivity index is 1.67. The number of pyridine rings is 1. The van der Waals surface area contributed by atoms with Crippen LogP contribution < -0.4 is 4.90 Å². The molecule has 1 saturated heterocycles. The number of benzene rings is 1. The van der Waals surface area contributed by atoms with Gasteiger partial charge in [-0.15, -0.1) is 0 Å². The molecule has 3 aromatic rings. The SMILES string of the molecule is CC(C)c1nc2ccccc2n1C1CN(c2ncccc2F)C1. The van der Waals surface area contributed by atoms with Crippen LogP contribution in [-0.2, 0) is 0 Å². The molecule has 0 N–H and O–H groups in total. The van der Waals surface area contributed by atoms with Crippen LogP contribution in [0.25, 0.3) is 11.0 Å². The second kappa shape index (κ2) is 5.33. The van der Waals surface area contributed by atoms with Crippen molar-refractivity contribution < 1.29 is 4.39 Å². The maximum absolute atomic E-state index is 13.9. The van der Waals surface area contributed by atoms with Crippen molar-refractivity contribution in [3.63, 3.8) is 0 Å². The summed E-state index contributed by atoms with van der Waals surface area (Å²) in [5, 5.41) is 0. The van der Waals surface area contributed by atoms with Crippen LogP contribution in [-0.4, -0.2) is 27.6 Å². The van der Waals surface area contributed by atoms with E-state index in [0.717, 1.165) is 29.9 Å². The molecule has 0 atom stereocenters. The average molecular weight is 310 g/mol. The minimum Gasteiger partial charge on any atom is -0.350 e. The number of rotatable bonds is 3. The summed E-state index contributed by atoms with van der Waals surface area (Å²) in [5.74, 6) is 1.63. The van der Waals surface area contributed by atoms with Gasteiger partial charge in [-0.3, -0.25) is 0 Å². The monoisotopic (exact) mass is 310 g/mol. The third kappa shape index (κ3) is 2.27. The molecule has 0 amide bonds. The first kappa shape index (κ1) is 14.2. The number of halogens is 1. The lowest BCUT2D eigenvalue weighted by Gasteiger charge is -2.42. The molecule has 0 saturated carbocycles. The van der Waals surface area contributed by atoms with Crippen molar-refractivity contribution >= 4 is 16.9 Å². The van der Waals surface area contributed by atoms with Crippen LogP contribution in [0, 0.1) is 5.82 Å². The lowest BCUT2D eigenvalue weighted by Crippen LogP contribution is -2.49. The van der Waals surface area contributed by atoms with Gasteiger partial charge in [0, 0.05) is 25.2 Å². The van der Waals surface area contributed by atoms with Gasteiger partial charge in [0.2, 0.25) is 0 Å². The second-order valence-corrected chi connectivity index (χ2v) is 6.35. The van der Waals surface area contributed by atoms with Crippen molar-refractivity contribution in [3.05, 3.63) is 54.2 Å². The summed E-state index contributed by atoms with van der Waals surface area (Å²) >= 11 is 0. The van der Waals surface area contributed by atoms with Crippen molar-refractivity contribution in [3.8, 4) is 0 Å². The molecule has 23 heavy (non-hydrogen) atoms. The number of hydrogen-bond acceptors (Lipinski definition) is 3. The highest BCUT2D eigenvalue weighted by molar-refractivity contribution is 5.76. The van der Waals surface area contributed by atoms with Crippen molar-refractivity contribution in [1.82, 2.24) is 14.5 Å². The first-order valence-corrected chi connectivity index (χ1v) is 7.97. The largest absolute Gasteiger partial charge is 0.350 e. The van der Waals surface area contributed by atoms with E-state index in [1.165, 1.54) is 6.07 Å². The lowest BCUT2D eigenvalue weighted by atomic mass is 10.1. The number of aromatic nitrogens is 3. The number of fused-ring (bicyclic) bond motifs is 1. The lowest BCUT2D eigenvalue weighted by molar-refractivity contribution is 0.385. The van der Waals surface area contributed by atoms with Crippen LogP contribution in [0.1, 0.15) is 31.6 Å². The molecule has 0 bridgehead atoms. The van der Waals surface area contributed by atoms with E-state index in [1.807, 2.05) is 23.1 Å². The molecule has 4 rings (SSSR count).